The summed E-state index contributed by atoms with van der Waals surface area (Å²) in [5, 5.41) is 4.22. The minimum Gasteiger partial charge on any atom is -0.311 e. The number of nitrogens with one attached hydrogen (secondary N) is 1. The highest BCUT2D eigenvalue weighted by molar-refractivity contribution is 7.91. The molecule has 5 heteroatoms. The minimum absolute atomic E-state index is 0.0160. The molecule has 1 aliphatic heterocycles. The fraction of sp³-hybridized carbons (Fsp3) is 0.625. The Kier molecular flexibility index (Phi) is 5.01. The van der Waals surface area contributed by atoms with Crippen LogP contribution in [0.1, 0.15) is 38.7 Å². The number of halogens is 1. The molecule has 0 aromatic heterocycles. The largest absolute Gasteiger partial charge is 0.311 e. The second-order valence-corrected chi connectivity index (χ2v) is 9.62. The molecule has 0 bridgehead atoms. The van der Waals surface area contributed by atoms with Gasteiger partial charge in [-0.2, -0.15) is 0 Å². The van der Waals surface area contributed by atoms with E-state index in [2.05, 4.69) is 26.1 Å². The SMILES string of the molecule is CC(C)(C)NCC(c1ccc(Cl)cc1)C1CCS(=O)(=O)C1. The normalized spacial score (nSPS) is 23.1. The summed E-state index contributed by atoms with van der Waals surface area (Å²) in [6.07, 6.45) is 0.751. The zero-order valence-electron chi connectivity index (χ0n) is 12.9. The van der Waals surface area contributed by atoms with Gasteiger partial charge < -0.3 is 5.32 Å². The molecule has 118 valence electrons. The zero-order valence-corrected chi connectivity index (χ0v) is 14.5. The maximum Gasteiger partial charge on any atom is 0.150 e. The van der Waals surface area contributed by atoms with Gasteiger partial charge in [0.1, 0.15) is 0 Å². The Morgan fingerprint density at radius 1 is 1.29 bits per heavy atom. The molecule has 0 saturated carbocycles. The van der Waals surface area contributed by atoms with Crippen LogP contribution in [0, 0.1) is 5.92 Å². The molecule has 3 nitrogen and oxygen atoms in total. The predicted octanol–water partition coefficient (Wildman–Crippen LogP) is 3.25. The molecule has 1 N–H and O–H groups in total. The minimum atomic E-state index is -2.86. The van der Waals surface area contributed by atoms with Gasteiger partial charge in [0.05, 0.1) is 11.5 Å². The molecule has 2 unspecified atom stereocenters. The molecule has 21 heavy (non-hydrogen) atoms. The van der Waals surface area contributed by atoms with Crippen LogP contribution in [-0.2, 0) is 9.84 Å². The van der Waals surface area contributed by atoms with Gasteiger partial charge in [-0.15, -0.1) is 0 Å². The summed E-state index contributed by atoms with van der Waals surface area (Å²) in [7, 11) is -2.86. The van der Waals surface area contributed by atoms with E-state index in [1.54, 1.807) is 0 Å². The molecule has 0 amide bonds. The van der Waals surface area contributed by atoms with Gasteiger partial charge in [0.15, 0.2) is 9.84 Å². The first-order valence-electron chi connectivity index (χ1n) is 7.37. The van der Waals surface area contributed by atoms with Crippen molar-refractivity contribution in [2.75, 3.05) is 18.1 Å². The standard InChI is InChI=1S/C16H24ClNO2S/c1-16(2,3)18-10-15(12-4-6-14(17)7-5-12)13-8-9-21(19,20)11-13/h4-7,13,15,18H,8-11H2,1-3H3. The van der Waals surface area contributed by atoms with Crippen LogP contribution in [0.5, 0.6) is 0 Å². The molecule has 0 aliphatic carbocycles. The van der Waals surface area contributed by atoms with Crippen molar-refractivity contribution in [3.63, 3.8) is 0 Å². The molecule has 2 atom stereocenters. The maximum absolute atomic E-state index is 11.8. The zero-order chi connectivity index (χ0) is 15.7. The first kappa shape index (κ1) is 16.8. The highest BCUT2D eigenvalue weighted by atomic mass is 35.5. The Hall–Kier alpha value is -0.580. The lowest BCUT2D eigenvalue weighted by Crippen LogP contribution is -2.40. The molecule has 1 saturated heterocycles. The van der Waals surface area contributed by atoms with E-state index in [0.29, 0.717) is 16.5 Å². The van der Waals surface area contributed by atoms with Crippen molar-refractivity contribution in [3.05, 3.63) is 34.9 Å². The summed E-state index contributed by atoms with van der Waals surface area (Å²) in [5.41, 5.74) is 1.18. The van der Waals surface area contributed by atoms with E-state index in [4.69, 9.17) is 11.6 Å². The first-order valence-corrected chi connectivity index (χ1v) is 9.57. The average Bonchev–Trinajstić information content (AvgIpc) is 2.71. The van der Waals surface area contributed by atoms with Gasteiger partial charge in [-0.3, -0.25) is 0 Å². The Labute approximate surface area is 133 Å². The summed E-state index contributed by atoms with van der Waals surface area (Å²) in [6, 6.07) is 7.79. The van der Waals surface area contributed by atoms with E-state index in [-0.39, 0.29) is 17.4 Å². The number of hydrogen-bond acceptors (Lipinski definition) is 3. The predicted molar refractivity (Wildman–Crippen MR) is 88.7 cm³/mol. The van der Waals surface area contributed by atoms with Gasteiger partial charge in [-0.05, 0) is 50.8 Å². The van der Waals surface area contributed by atoms with Crippen LogP contribution in [0.2, 0.25) is 5.02 Å². The third-order valence-corrected chi connectivity index (χ3v) is 6.03. The average molecular weight is 330 g/mol. The molecular weight excluding hydrogens is 306 g/mol. The van der Waals surface area contributed by atoms with E-state index in [1.807, 2.05) is 24.3 Å². The second kappa shape index (κ2) is 6.27. The van der Waals surface area contributed by atoms with Crippen LogP contribution in [0.3, 0.4) is 0 Å². The molecule has 0 spiro atoms. The van der Waals surface area contributed by atoms with Gasteiger partial charge in [0, 0.05) is 23.0 Å². The Morgan fingerprint density at radius 3 is 2.38 bits per heavy atom. The molecule has 1 aliphatic rings. The summed E-state index contributed by atoms with van der Waals surface area (Å²) < 4.78 is 23.6. The summed E-state index contributed by atoms with van der Waals surface area (Å²) >= 11 is 5.96. The van der Waals surface area contributed by atoms with Crippen LogP contribution in [0.15, 0.2) is 24.3 Å². The second-order valence-electron chi connectivity index (χ2n) is 6.95. The van der Waals surface area contributed by atoms with Crippen molar-refractivity contribution in [2.45, 2.75) is 38.6 Å². The molecule has 1 heterocycles. The third kappa shape index (κ3) is 4.97. The molecule has 1 aromatic carbocycles. The fourth-order valence-corrected chi connectivity index (χ4v) is 4.83. The van der Waals surface area contributed by atoms with E-state index in [9.17, 15) is 8.42 Å². The van der Waals surface area contributed by atoms with Crippen LogP contribution >= 0.6 is 11.6 Å². The number of hydrogen-bond donors (Lipinski definition) is 1. The first-order chi connectivity index (χ1) is 9.66. The van der Waals surface area contributed by atoms with Crippen molar-refractivity contribution < 1.29 is 8.42 Å². The molecule has 2 rings (SSSR count). The van der Waals surface area contributed by atoms with Gasteiger partial charge in [-0.25, -0.2) is 8.42 Å². The smallest absolute Gasteiger partial charge is 0.150 e. The lowest BCUT2D eigenvalue weighted by molar-refractivity contribution is 0.363. The number of sulfone groups is 1. The van der Waals surface area contributed by atoms with Gasteiger partial charge in [0.25, 0.3) is 0 Å². The Balaban J connectivity index is 2.20. The van der Waals surface area contributed by atoms with Crippen LogP contribution < -0.4 is 5.32 Å². The Bertz CT molecular complexity index is 575. The molecular formula is C16H24ClNO2S. The quantitative estimate of drug-likeness (QED) is 0.922. The van der Waals surface area contributed by atoms with E-state index in [1.165, 1.54) is 5.56 Å². The van der Waals surface area contributed by atoms with Crippen molar-refractivity contribution in [3.8, 4) is 0 Å². The van der Waals surface area contributed by atoms with Crippen molar-refractivity contribution >= 4 is 21.4 Å². The lowest BCUT2D eigenvalue weighted by atomic mass is 9.85. The summed E-state index contributed by atoms with van der Waals surface area (Å²) in [6.45, 7) is 7.15. The number of rotatable bonds is 4. The maximum atomic E-state index is 11.8. The van der Waals surface area contributed by atoms with E-state index >= 15 is 0 Å². The fourth-order valence-electron chi connectivity index (χ4n) is 2.82. The van der Waals surface area contributed by atoms with Gasteiger partial charge in [-0.1, -0.05) is 23.7 Å². The number of benzene rings is 1. The lowest BCUT2D eigenvalue weighted by Gasteiger charge is -2.29. The van der Waals surface area contributed by atoms with E-state index in [0.717, 1.165) is 13.0 Å². The molecule has 1 aromatic rings. The van der Waals surface area contributed by atoms with E-state index < -0.39 is 9.84 Å². The molecule has 0 radical (unpaired) electrons. The van der Waals surface area contributed by atoms with Crippen LogP contribution in [0.25, 0.3) is 0 Å². The van der Waals surface area contributed by atoms with Crippen LogP contribution in [0.4, 0.5) is 0 Å². The van der Waals surface area contributed by atoms with Crippen LogP contribution in [-0.4, -0.2) is 32.0 Å². The highest BCUT2D eigenvalue weighted by Crippen LogP contribution is 2.33. The highest BCUT2D eigenvalue weighted by Gasteiger charge is 2.34. The summed E-state index contributed by atoms with van der Waals surface area (Å²) in [5.74, 6) is 1.01. The molecule has 1 fully saturated rings. The topological polar surface area (TPSA) is 46.2 Å². The van der Waals surface area contributed by atoms with Gasteiger partial charge >= 0.3 is 0 Å². The van der Waals surface area contributed by atoms with Crippen molar-refractivity contribution in [1.82, 2.24) is 5.32 Å². The third-order valence-electron chi connectivity index (χ3n) is 3.99. The van der Waals surface area contributed by atoms with Crippen molar-refractivity contribution in [2.24, 2.45) is 5.92 Å². The van der Waals surface area contributed by atoms with Gasteiger partial charge in [0.2, 0.25) is 0 Å². The Morgan fingerprint density at radius 2 is 1.90 bits per heavy atom. The van der Waals surface area contributed by atoms with Crippen molar-refractivity contribution in [1.29, 1.82) is 0 Å². The summed E-state index contributed by atoms with van der Waals surface area (Å²) in [4.78, 5) is 0. The monoisotopic (exact) mass is 329 g/mol.